The molecule has 0 bridgehead atoms. The minimum atomic E-state index is -4.69. The lowest BCUT2D eigenvalue weighted by Gasteiger charge is -1.95. The maximum absolute atomic E-state index is 11.7. The van der Waals surface area contributed by atoms with Crippen molar-refractivity contribution in [2.75, 3.05) is 0 Å². The van der Waals surface area contributed by atoms with Crippen LogP contribution in [0, 0.1) is 0 Å². The molecule has 1 aromatic rings. The fourth-order valence-electron chi connectivity index (χ4n) is 0.461. The van der Waals surface area contributed by atoms with Crippen molar-refractivity contribution in [1.29, 1.82) is 0 Å². The van der Waals surface area contributed by atoms with E-state index in [2.05, 4.69) is 9.52 Å². The van der Waals surface area contributed by atoms with Gasteiger partial charge in [0, 0.05) is 7.05 Å². The number of aryl methyl sites for hydroxylation is 1. The molecule has 1 rings (SSSR count). The number of aromatic nitrogens is 2. The van der Waals surface area contributed by atoms with Gasteiger partial charge in [-0.05, 0) is 0 Å². The third-order valence-corrected chi connectivity index (χ3v) is 0.932. The first kappa shape index (κ1) is 7.83. The van der Waals surface area contributed by atoms with E-state index < -0.39 is 17.8 Å². The number of hydrogen-bond acceptors (Lipinski definition) is 3. The van der Waals surface area contributed by atoms with Gasteiger partial charge in [0.25, 0.3) is 0 Å². The number of halogens is 3. The largest absolute Gasteiger partial charge is 0.470 e. The van der Waals surface area contributed by atoms with Gasteiger partial charge in [-0.3, -0.25) is 0 Å². The first-order chi connectivity index (χ1) is 4.91. The van der Waals surface area contributed by atoms with E-state index in [9.17, 15) is 18.0 Å². The van der Waals surface area contributed by atoms with Crippen LogP contribution in [0.3, 0.4) is 0 Å². The molecule has 0 unspecified atom stereocenters. The fraction of sp³-hybridized carbons (Fsp3) is 0.500. The highest BCUT2D eigenvalue weighted by molar-refractivity contribution is 4.80. The van der Waals surface area contributed by atoms with Crippen LogP contribution < -0.4 is 5.76 Å². The molecular weight excluding hydrogens is 165 g/mol. The van der Waals surface area contributed by atoms with Crippen molar-refractivity contribution in [3.05, 3.63) is 16.4 Å². The first-order valence-electron chi connectivity index (χ1n) is 2.52. The Balaban J connectivity index is 3.18. The minimum Gasteiger partial charge on any atom is -0.383 e. The lowest BCUT2D eigenvalue weighted by Crippen LogP contribution is -2.10. The number of alkyl halides is 3. The van der Waals surface area contributed by atoms with Crippen molar-refractivity contribution in [3.63, 3.8) is 0 Å². The standard InChI is InChI=1S/C4H3F3N2O2/c1-9-3(10)11-2(8-9)4(5,6)7/h1H3. The Morgan fingerprint density at radius 2 is 2.09 bits per heavy atom. The van der Waals surface area contributed by atoms with E-state index in [0.29, 0.717) is 4.68 Å². The van der Waals surface area contributed by atoms with Crippen molar-refractivity contribution < 1.29 is 17.6 Å². The molecular formula is C4H3F3N2O2. The lowest BCUT2D eigenvalue weighted by molar-refractivity contribution is -0.157. The van der Waals surface area contributed by atoms with E-state index in [0.717, 1.165) is 7.05 Å². The van der Waals surface area contributed by atoms with Crippen LogP contribution in [-0.4, -0.2) is 9.78 Å². The molecule has 0 fully saturated rings. The van der Waals surface area contributed by atoms with E-state index in [1.54, 1.807) is 0 Å². The van der Waals surface area contributed by atoms with Crippen LogP contribution in [0.25, 0.3) is 0 Å². The molecule has 0 spiro atoms. The third-order valence-electron chi connectivity index (χ3n) is 0.932. The van der Waals surface area contributed by atoms with Crippen molar-refractivity contribution >= 4 is 0 Å². The molecule has 0 amide bonds. The predicted molar refractivity (Wildman–Crippen MR) is 26.7 cm³/mol. The normalized spacial score (nSPS) is 12.0. The minimum absolute atomic E-state index is 0.475. The Morgan fingerprint density at radius 3 is 2.27 bits per heavy atom. The molecule has 62 valence electrons. The summed E-state index contributed by atoms with van der Waals surface area (Å²) < 4.78 is 39.2. The average Bonchev–Trinajstić information content (AvgIpc) is 2.11. The van der Waals surface area contributed by atoms with Gasteiger partial charge in [0.1, 0.15) is 0 Å². The first-order valence-corrected chi connectivity index (χ1v) is 2.52. The van der Waals surface area contributed by atoms with Crippen molar-refractivity contribution in [2.45, 2.75) is 6.18 Å². The van der Waals surface area contributed by atoms with Crippen LogP contribution in [0.15, 0.2) is 9.21 Å². The van der Waals surface area contributed by atoms with Gasteiger partial charge in [0.15, 0.2) is 0 Å². The van der Waals surface area contributed by atoms with Crippen LogP contribution in [0.5, 0.6) is 0 Å². The second-order valence-electron chi connectivity index (χ2n) is 1.79. The van der Waals surface area contributed by atoms with Gasteiger partial charge < -0.3 is 4.42 Å². The smallest absolute Gasteiger partial charge is 0.383 e. The van der Waals surface area contributed by atoms with E-state index >= 15 is 0 Å². The van der Waals surface area contributed by atoms with Gasteiger partial charge in [-0.2, -0.15) is 17.9 Å². The summed E-state index contributed by atoms with van der Waals surface area (Å²) in [6.07, 6.45) is -4.69. The zero-order valence-electron chi connectivity index (χ0n) is 5.34. The maximum atomic E-state index is 11.7. The monoisotopic (exact) mass is 168 g/mol. The summed E-state index contributed by atoms with van der Waals surface area (Å²) in [5, 5.41) is 2.79. The topological polar surface area (TPSA) is 48.0 Å². The zero-order valence-corrected chi connectivity index (χ0v) is 5.34. The van der Waals surface area contributed by atoms with Gasteiger partial charge in [-0.1, -0.05) is 0 Å². The molecule has 0 aliphatic heterocycles. The Labute approximate surface area is 58.2 Å². The average molecular weight is 168 g/mol. The molecule has 0 saturated carbocycles. The van der Waals surface area contributed by atoms with E-state index in [1.165, 1.54) is 0 Å². The van der Waals surface area contributed by atoms with Crippen LogP contribution in [0.4, 0.5) is 13.2 Å². The van der Waals surface area contributed by atoms with Gasteiger partial charge >= 0.3 is 17.8 Å². The Bertz CT molecular complexity index is 310. The zero-order chi connectivity index (χ0) is 8.65. The summed E-state index contributed by atoms with van der Waals surface area (Å²) in [5.41, 5.74) is 0. The summed E-state index contributed by atoms with van der Waals surface area (Å²) in [6, 6.07) is 0. The molecule has 0 saturated heterocycles. The number of rotatable bonds is 0. The Hall–Kier alpha value is -1.27. The van der Waals surface area contributed by atoms with E-state index in [1.807, 2.05) is 0 Å². The lowest BCUT2D eigenvalue weighted by atomic mass is 10.7. The van der Waals surface area contributed by atoms with E-state index in [4.69, 9.17) is 0 Å². The molecule has 1 aromatic heterocycles. The Morgan fingerprint density at radius 1 is 1.55 bits per heavy atom. The van der Waals surface area contributed by atoms with Crippen molar-refractivity contribution in [3.8, 4) is 0 Å². The summed E-state index contributed by atoms with van der Waals surface area (Å²) in [5.74, 6) is -2.65. The summed E-state index contributed by atoms with van der Waals surface area (Å²) >= 11 is 0. The SMILES string of the molecule is Cn1nc(C(F)(F)F)oc1=O. The number of hydrogen-bond donors (Lipinski definition) is 0. The molecule has 0 N–H and O–H groups in total. The highest BCUT2D eigenvalue weighted by atomic mass is 19.4. The van der Waals surface area contributed by atoms with E-state index in [-0.39, 0.29) is 0 Å². The summed E-state index contributed by atoms with van der Waals surface area (Å²) in [7, 11) is 1.07. The fourth-order valence-corrected chi connectivity index (χ4v) is 0.461. The molecule has 7 heteroatoms. The van der Waals surface area contributed by atoms with Crippen LogP contribution in [0.1, 0.15) is 5.89 Å². The molecule has 11 heavy (non-hydrogen) atoms. The van der Waals surface area contributed by atoms with Crippen LogP contribution in [-0.2, 0) is 13.2 Å². The second-order valence-corrected chi connectivity index (χ2v) is 1.79. The van der Waals surface area contributed by atoms with Gasteiger partial charge in [-0.25, -0.2) is 4.79 Å². The molecule has 0 aromatic carbocycles. The number of nitrogens with zero attached hydrogens (tertiary/aromatic N) is 2. The Kier molecular flexibility index (Phi) is 1.50. The van der Waals surface area contributed by atoms with Gasteiger partial charge in [-0.15, -0.1) is 5.10 Å². The summed E-state index contributed by atoms with van der Waals surface area (Å²) in [4.78, 5) is 10.3. The van der Waals surface area contributed by atoms with Crippen LogP contribution >= 0.6 is 0 Å². The summed E-state index contributed by atoms with van der Waals surface area (Å²) in [6.45, 7) is 0. The quantitative estimate of drug-likeness (QED) is 0.563. The van der Waals surface area contributed by atoms with Crippen molar-refractivity contribution in [1.82, 2.24) is 9.78 Å². The van der Waals surface area contributed by atoms with Gasteiger partial charge in [0.05, 0.1) is 0 Å². The molecule has 1 heterocycles. The third kappa shape index (κ3) is 1.41. The highest BCUT2D eigenvalue weighted by Gasteiger charge is 2.38. The molecule has 0 aliphatic rings. The second kappa shape index (κ2) is 2.11. The van der Waals surface area contributed by atoms with Crippen molar-refractivity contribution in [2.24, 2.45) is 7.05 Å². The molecule has 0 radical (unpaired) electrons. The predicted octanol–water partition coefficient (Wildman–Crippen LogP) is 0.392. The molecule has 0 atom stereocenters. The highest BCUT2D eigenvalue weighted by Crippen LogP contribution is 2.25. The van der Waals surface area contributed by atoms with Crippen LogP contribution in [0.2, 0.25) is 0 Å². The van der Waals surface area contributed by atoms with Gasteiger partial charge in [0.2, 0.25) is 0 Å². The molecule has 0 aliphatic carbocycles. The molecule has 4 nitrogen and oxygen atoms in total. The maximum Gasteiger partial charge on any atom is 0.470 e.